The molecule has 2 aromatic heterocycles. The number of nitrogens with two attached hydrogens (primary N) is 1. The SMILES string of the molecule is CCN[C@H]1C[C@@H]2[C@H](C1)[C@H]2c1cc(-c2cnc(N)c(OC(F)F)c2)nn1C(C)C. The van der Waals surface area contributed by atoms with E-state index in [1.165, 1.54) is 24.6 Å². The first-order valence-corrected chi connectivity index (χ1v) is 9.92. The third-order valence-electron chi connectivity index (χ3n) is 5.93. The zero-order chi connectivity index (χ0) is 20.0. The summed E-state index contributed by atoms with van der Waals surface area (Å²) >= 11 is 0. The number of nitrogens with zero attached hydrogens (tertiary/aromatic N) is 3. The molecule has 8 heteroatoms. The smallest absolute Gasteiger partial charge is 0.387 e. The van der Waals surface area contributed by atoms with E-state index in [1.807, 2.05) is 0 Å². The molecule has 2 aliphatic carbocycles. The molecule has 0 bridgehead atoms. The highest BCUT2D eigenvalue weighted by Crippen LogP contribution is 2.63. The van der Waals surface area contributed by atoms with Crippen molar-refractivity contribution in [3.8, 4) is 17.0 Å². The van der Waals surface area contributed by atoms with E-state index in [9.17, 15) is 8.78 Å². The molecule has 2 saturated carbocycles. The highest BCUT2D eigenvalue weighted by Gasteiger charge is 2.57. The number of hydrogen-bond donors (Lipinski definition) is 2. The fourth-order valence-electron chi connectivity index (χ4n) is 4.73. The first kappa shape index (κ1) is 19.1. The maximum atomic E-state index is 12.6. The van der Waals surface area contributed by atoms with E-state index in [4.69, 9.17) is 10.8 Å². The molecule has 0 aromatic carbocycles. The first-order valence-electron chi connectivity index (χ1n) is 9.92. The molecule has 4 atom stereocenters. The fourth-order valence-corrected chi connectivity index (χ4v) is 4.73. The van der Waals surface area contributed by atoms with E-state index in [0.29, 0.717) is 35.1 Å². The van der Waals surface area contributed by atoms with Crippen LogP contribution in [0.2, 0.25) is 0 Å². The van der Waals surface area contributed by atoms with Crippen molar-refractivity contribution in [2.75, 3.05) is 12.3 Å². The Kier molecular flexibility index (Phi) is 4.99. The van der Waals surface area contributed by atoms with Crippen LogP contribution in [0.25, 0.3) is 11.3 Å². The number of ether oxygens (including phenoxy) is 1. The molecule has 152 valence electrons. The van der Waals surface area contributed by atoms with Gasteiger partial charge < -0.3 is 15.8 Å². The van der Waals surface area contributed by atoms with Crippen LogP contribution in [0.15, 0.2) is 18.3 Å². The Morgan fingerprint density at radius 2 is 2.00 bits per heavy atom. The van der Waals surface area contributed by atoms with Crippen LogP contribution < -0.4 is 15.8 Å². The summed E-state index contributed by atoms with van der Waals surface area (Å²) in [5.74, 6) is 1.75. The van der Waals surface area contributed by atoms with Gasteiger partial charge in [-0.2, -0.15) is 13.9 Å². The average molecular weight is 391 g/mol. The number of nitrogen functional groups attached to an aromatic ring is 1. The van der Waals surface area contributed by atoms with Crippen molar-refractivity contribution < 1.29 is 13.5 Å². The third-order valence-corrected chi connectivity index (χ3v) is 5.93. The Bertz CT molecular complexity index is 841. The van der Waals surface area contributed by atoms with Gasteiger partial charge in [0, 0.05) is 35.5 Å². The summed E-state index contributed by atoms with van der Waals surface area (Å²) in [5, 5.41) is 8.31. The van der Waals surface area contributed by atoms with Gasteiger partial charge >= 0.3 is 6.61 Å². The second kappa shape index (κ2) is 7.31. The minimum atomic E-state index is -2.95. The lowest BCUT2D eigenvalue weighted by molar-refractivity contribution is -0.0494. The van der Waals surface area contributed by atoms with Crippen LogP contribution in [0.5, 0.6) is 5.75 Å². The molecule has 2 fully saturated rings. The standard InChI is InChI=1S/C20H27F2N5O/c1-4-24-12-6-13-14(7-12)18(13)16-8-15(26-27(16)10(2)3)11-5-17(28-20(21)22)19(23)25-9-11/h5,8-10,12-14,18,20,24H,4,6-7H2,1-3H3,(H2,23,25)/t12-,13+,14-,18-. The zero-order valence-electron chi connectivity index (χ0n) is 16.4. The van der Waals surface area contributed by atoms with E-state index in [0.717, 1.165) is 6.54 Å². The van der Waals surface area contributed by atoms with Gasteiger partial charge in [-0.3, -0.25) is 4.68 Å². The van der Waals surface area contributed by atoms with Crippen molar-refractivity contribution in [1.29, 1.82) is 0 Å². The Labute approximate surface area is 163 Å². The first-order chi connectivity index (χ1) is 13.4. The fraction of sp³-hybridized carbons (Fsp3) is 0.600. The molecule has 0 amide bonds. The lowest BCUT2D eigenvalue weighted by Crippen LogP contribution is -2.27. The number of aromatic nitrogens is 3. The summed E-state index contributed by atoms with van der Waals surface area (Å²) in [6.45, 7) is 4.42. The van der Waals surface area contributed by atoms with E-state index >= 15 is 0 Å². The number of fused-ring (bicyclic) bond motifs is 1. The lowest BCUT2D eigenvalue weighted by atomic mass is 10.0. The van der Waals surface area contributed by atoms with Crippen LogP contribution in [-0.2, 0) is 0 Å². The van der Waals surface area contributed by atoms with Crippen LogP contribution in [0.3, 0.4) is 0 Å². The molecule has 3 N–H and O–H groups in total. The van der Waals surface area contributed by atoms with Gasteiger partial charge in [-0.05, 0) is 57.2 Å². The van der Waals surface area contributed by atoms with Gasteiger partial charge in [0.15, 0.2) is 11.6 Å². The van der Waals surface area contributed by atoms with Crippen LogP contribution >= 0.6 is 0 Å². The van der Waals surface area contributed by atoms with Gasteiger partial charge in [-0.25, -0.2) is 4.98 Å². The highest BCUT2D eigenvalue weighted by molar-refractivity contribution is 5.64. The zero-order valence-corrected chi connectivity index (χ0v) is 16.4. The highest BCUT2D eigenvalue weighted by atomic mass is 19.3. The average Bonchev–Trinajstić information content (AvgIpc) is 2.99. The van der Waals surface area contributed by atoms with E-state index < -0.39 is 6.61 Å². The topological polar surface area (TPSA) is 78.0 Å². The Morgan fingerprint density at radius 3 is 2.61 bits per heavy atom. The number of pyridine rings is 1. The minimum absolute atomic E-state index is 0.0567. The summed E-state index contributed by atoms with van der Waals surface area (Å²) in [6.07, 6.45) is 3.97. The molecule has 6 nitrogen and oxygen atoms in total. The number of hydrogen-bond acceptors (Lipinski definition) is 5. The van der Waals surface area contributed by atoms with Gasteiger partial charge in [0.2, 0.25) is 0 Å². The number of rotatable bonds is 7. The normalized spacial score (nSPS) is 26.1. The van der Waals surface area contributed by atoms with E-state index in [-0.39, 0.29) is 17.6 Å². The third kappa shape index (κ3) is 3.45. The van der Waals surface area contributed by atoms with Gasteiger partial charge in [0.05, 0.1) is 5.69 Å². The maximum absolute atomic E-state index is 12.6. The molecular formula is C20H27F2N5O. The summed E-state index contributed by atoms with van der Waals surface area (Å²) in [4.78, 5) is 4.00. The Balaban J connectivity index is 1.60. The molecule has 0 radical (unpaired) electrons. The molecule has 2 aliphatic rings. The van der Waals surface area contributed by atoms with Crippen molar-refractivity contribution in [3.05, 3.63) is 24.0 Å². The van der Waals surface area contributed by atoms with Gasteiger partial charge in [-0.1, -0.05) is 6.92 Å². The minimum Gasteiger partial charge on any atom is -0.431 e. The predicted molar refractivity (Wildman–Crippen MR) is 103 cm³/mol. The van der Waals surface area contributed by atoms with Crippen molar-refractivity contribution in [2.45, 2.75) is 58.2 Å². The van der Waals surface area contributed by atoms with Crippen LogP contribution in [0, 0.1) is 11.8 Å². The van der Waals surface area contributed by atoms with E-state index in [1.54, 1.807) is 6.20 Å². The molecule has 2 aromatic rings. The quantitative estimate of drug-likeness (QED) is 0.750. The number of halogens is 2. The monoisotopic (exact) mass is 391 g/mol. The number of alkyl halides is 2. The van der Waals surface area contributed by atoms with Crippen molar-refractivity contribution >= 4 is 5.82 Å². The lowest BCUT2D eigenvalue weighted by Gasteiger charge is -2.16. The van der Waals surface area contributed by atoms with Gasteiger partial charge in [-0.15, -0.1) is 0 Å². The number of nitrogens with one attached hydrogen (secondary N) is 1. The van der Waals surface area contributed by atoms with Crippen LogP contribution in [-0.4, -0.2) is 34.0 Å². The Hall–Kier alpha value is -2.22. The molecule has 0 spiro atoms. The van der Waals surface area contributed by atoms with E-state index in [2.05, 4.69) is 46.6 Å². The largest absolute Gasteiger partial charge is 0.431 e. The summed E-state index contributed by atoms with van der Waals surface area (Å²) < 4.78 is 31.8. The number of anilines is 1. The maximum Gasteiger partial charge on any atom is 0.387 e. The summed E-state index contributed by atoms with van der Waals surface area (Å²) in [7, 11) is 0. The second-order valence-electron chi connectivity index (χ2n) is 8.06. The van der Waals surface area contributed by atoms with Crippen molar-refractivity contribution in [2.24, 2.45) is 11.8 Å². The molecule has 0 aliphatic heterocycles. The molecule has 4 rings (SSSR count). The van der Waals surface area contributed by atoms with Crippen LogP contribution in [0.4, 0.5) is 14.6 Å². The molecule has 0 saturated heterocycles. The summed E-state index contributed by atoms with van der Waals surface area (Å²) in [6, 6.07) is 4.40. The van der Waals surface area contributed by atoms with Crippen molar-refractivity contribution in [3.63, 3.8) is 0 Å². The van der Waals surface area contributed by atoms with Gasteiger partial charge in [0.1, 0.15) is 0 Å². The van der Waals surface area contributed by atoms with Crippen LogP contribution in [0.1, 0.15) is 51.3 Å². The Morgan fingerprint density at radius 1 is 1.29 bits per heavy atom. The molecule has 0 unspecified atom stereocenters. The molecule has 28 heavy (non-hydrogen) atoms. The molecular weight excluding hydrogens is 364 g/mol. The molecule has 2 heterocycles. The predicted octanol–water partition coefficient (Wildman–Crippen LogP) is 3.81. The van der Waals surface area contributed by atoms with Gasteiger partial charge in [0.25, 0.3) is 0 Å². The summed E-state index contributed by atoms with van der Waals surface area (Å²) in [5.41, 5.74) is 8.22. The van der Waals surface area contributed by atoms with Crippen molar-refractivity contribution in [1.82, 2.24) is 20.1 Å². The second-order valence-corrected chi connectivity index (χ2v) is 8.06.